The molecule has 1 atom stereocenters. The lowest BCUT2D eigenvalue weighted by Crippen LogP contribution is -2.25. The number of nitrogens with zero attached hydrogens (tertiary/aromatic N) is 4. The van der Waals surface area contributed by atoms with Crippen LogP contribution in [-0.4, -0.2) is 27.8 Å². The normalized spacial score (nSPS) is 16.8. The fourth-order valence-corrected chi connectivity index (χ4v) is 3.01. The Labute approximate surface area is 131 Å². The zero-order valence-corrected chi connectivity index (χ0v) is 13.2. The number of hydrogen-bond donors (Lipinski definition) is 0. The van der Waals surface area contributed by atoms with Gasteiger partial charge in [0.1, 0.15) is 17.6 Å². The maximum absolute atomic E-state index is 8.98. The number of nitriles is 1. The molecule has 5 heteroatoms. The van der Waals surface area contributed by atoms with Crippen LogP contribution in [-0.2, 0) is 13.1 Å². The minimum absolute atomic E-state index is 0.427. The summed E-state index contributed by atoms with van der Waals surface area (Å²) in [6, 6.07) is 8.15. The van der Waals surface area contributed by atoms with E-state index in [9.17, 15) is 0 Å². The molecule has 22 heavy (non-hydrogen) atoms. The smallest absolute Gasteiger partial charge is 0.162 e. The van der Waals surface area contributed by atoms with E-state index in [1.807, 2.05) is 23.7 Å². The molecule has 1 unspecified atom stereocenters. The summed E-state index contributed by atoms with van der Waals surface area (Å²) in [6.45, 7) is 8.09. The lowest BCUT2D eigenvalue weighted by atomic mass is 10.0. The van der Waals surface area contributed by atoms with Gasteiger partial charge < -0.3 is 4.42 Å². The largest absolute Gasteiger partial charge is 0.466 e. The third-order valence-electron chi connectivity index (χ3n) is 4.33. The highest BCUT2D eigenvalue weighted by Crippen LogP contribution is 2.22. The molecule has 5 nitrogen and oxygen atoms in total. The second kappa shape index (κ2) is 6.37. The molecule has 1 aliphatic heterocycles. The SMILES string of the molecule is Cc1ccc(C(C)CCN2CCCn3nc(C#N)cc3C2)o1. The summed E-state index contributed by atoms with van der Waals surface area (Å²) in [5.41, 5.74) is 1.67. The lowest BCUT2D eigenvalue weighted by Gasteiger charge is -2.21. The van der Waals surface area contributed by atoms with Gasteiger partial charge in [-0.1, -0.05) is 6.92 Å². The molecule has 1 aliphatic rings. The highest BCUT2D eigenvalue weighted by molar-refractivity contribution is 5.22. The predicted molar refractivity (Wildman–Crippen MR) is 83.3 cm³/mol. The van der Waals surface area contributed by atoms with E-state index in [1.165, 1.54) is 0 Å². The fourth-order valence-electron chi connectivity index (χ4n) is 3.01. The van der Waals surface area contributed by atoms with Crippen molar-refractivity contribution in [3.63, 3.8) is 0 Å². The van der Waals surface area contributed by atoms with Crippen molar-refractivity contribution < 1.29 is 4.42 Å². The van der Waals surface area contributed by atoms with Crippen LogP contribution in [0.1, 0.15) is 48.6 Å². The molecule has 0 saturated carbocycles. The van der Waals surface area contributed by atoms with Crippen molar-refractivity contribution in [3.8, 4) is 6.07 Å². The van der Waals surface area contributed by atoms with Gasteiger partial charge in [-0.25, -0.2) is 0 Å². The zero-order chi connectivity index (χ0) is 15.5. The van der Waals surface area contributed by atoms with Gasteiger partial charge >= 0.3 is 0 Å². The van der Waals surface area contributed by atoms with Gasteiger partial charge in [0.25, 0.3) is 0 Å². The van der Waals surface area contributed by atoms with Gasteiger partial charge in [0.05, 0.1) is 5.69 Å². The molecule has 0 fully saturated rings. The average molecular weight is 298 g/mol. The van der Waals surface area contributed by atoms with Crippen LogP contribution in [0.3, 0.4) is 0 Å². The van der Waals surface area contributed by atoms with Crippen molar-refractivity contribution in [2.24, 2.45) is 0 Å². The topological polar surface area (TPSA) is 58.0 Å². The number of rotatable bonds is 4. The fraction of sp³-hybridized carbons (Fsp3) is 0.529. The number of hydrogen-bond acceptors (Lipinski definition) is 4. The highest BCUT2D eigenvalue weighted by atomic mass is 16.3. The predicted octanol–water partition coefficient (Wildman–Crippen LogP) is 3.06. The first-order valence-electron chi connectivity index (χ1n) is 7.91. The Morgan fingerprint density at radius 3 is 3.00 bits per heavy atom. The van der Waals surface area contributed by atoms with Crippen LogP contribution in [0.2, 0.25) is 0 Å². The van der Waals surface area contributed by atoms with Crippen LogP contribution in [0, 0.1) is 18.3 Å². The van der Waals surface area contributed by atoms with Crippen LogP contribution < -0.4 is 0 Å². The van der Waals surface area contributed by atoms with Gasteiger partial charge in [0.2, 0.25) is 0 Å². The summed E-state index contributed by atoms with van der Waals surface area (Å²) < 4.78 is 7.70. The number of aromatic nitrogens is 2. The maximum atomic E-state index is 8.98. The first-order chi connectivity index (χ1) is 10.7. The van der Waals surface area contributed by atoms with Crippen molar-refractivity contribution >= 4 is 0 Å². The van der Waals surface area contributed by atoms with Crippen LogP contribution >= 0.6 is 0 Å². The van der Waals surface area contributed by atoms with Gasteiger partial charge in [-0.3, -0.25) is 9.58 Å². The van der Waals surface area contributed by atoms with Crippen molar-refractivity contribution in [2.75, 3.05) is 13.1 Å². The molecule has 0 aromatic carbocycles. The lowest BCUT2D eigenvalue weighted by molar-refractivity contribution is 0.255. The molecular formula is C17H22N4O. The molecule has 0 spiro atoms. The highest BCUT2D eigenvalue weighted by Gasteiger charge is 2.18. The average Bonchev–Trinajstić information content (AvgIpc) is 3.06. The van der Waals surface area contributed by atoms with Crippen LogP contribution in [0.15, 0.2) is 22.6 Å². The van der Waals surface area contributed by atoms with E-state index in [2.05, 4.69) is 29.1 Å². The minimum atomic E-state index is 0.427. The van der Waals surface area contributed by atoms with E-state index in [-0.39, 0.29) is 0 Å². The minimum Gasteiger partial charge on any atom is -0.466 e. The van der Waals surface area contributed by atoms with Crippen LogP contribution in [0.25, 0.3) is 0 Å². The van der Waals surface area contributed by atoms with E-state index < -0.39 is 0 Å². The molecule has 2 aromatic rings. The number of aryl methyl sites for hydroxylation is 2. The molecule has 3 rings (SSSR count). The second-order valence-electron chi connectivity index (χ2n) is 6.12. The Hall–Kier alpha value is -2.06. The summed E-state index contributed by atoms with van der Waals surface area (Å²) in [4.78, 5) is 2.45. The monoisotopic (exact) mass is 298 g/mol. The van der Waals surface area contributed by atoms with Crippen molar-refractivity contribution in [1.82, 2.24) is 14.7 Å². The van der Waals surface area contributed by atoms with E-state index >= 15 is 0 Å². The molecule has 0 N–H and O–H groups in total. The van der Waals surface area contributed by atoms with E-state index in [1.54, 1.807) is 0 Å². The van der Waals surface area contributed by atoms with E-state index in [0.29, 0.717) is 11.6 Å². The molecule has 0 bridgehead atoms. The van der Waals surface area contributed by atoms with E-state index in [4.69, 9.17) is 9.68 Å². The Kier molecular flexibility index (Phi) is 4.30. The molecule has 0 amide bonds. The van der Waals surface area contributed by atoms with Crippen molar-refractivity contribution in [3.05, 3.63) is 41.1 Å². The second-order valence-corrected chi connectivity index (χ2v) is 6.12. The Bertz CT molecular complexity index is 679. The van der Waals surface area contributed by atoms with E-state index in [0.717, 1.165) is 56.2 Å². The molecule has 116 valence electrons. The third-order valence-corrected chi connectivity index (χ3v) is 4.33. The quantitative estimate of drug-likeness (QED) is 0.870. The van der Waals surface area contributed by atoms with Gasteiger partial charge in [-0.05, 0) is 44.5 Å². The molecule has 0 aliphatic carbocycles. The maximum Gasteiger partial charge on any atom is 0.162 e. The molecule has 3 heterocycles. The third kappa shape index (κ3) is 3.23. The standard InChI is InChI=1S/C17H22N4O/c1-13(17-5-4-14(2)22-17)6-9-20-7-3-8-21-16(12-20)10-15(11-18)19-21/h4-5,10,13H,3,6-9,12H2,1-2H3. The van der Waals surface area contributed by atoms with Gasteiger partial charge in [0, 0.05) is 25.6 Å². The molecule has 2 aromatic heterocycles. The molecule has 0 radical (unpaired) electrons. The van der Waals surface area contributed by atoms with Gasteiger partial charge in [-0.15, -0.1) is 0 Å². The van der Waals surface area contributed by atoms with Crippen molar-refractivity contribution in [1.29, 1.82) is 5.26 Å². The first-order valence-corrected chi connectivity index (χ1v) is 7.91. The van der Waals surface area contributed by atoms with Gasteiger partial charge in [0.15, 0.2) is 5.69 Å². The van der Waals surface area contributed by atoms with Gasteiger partial charge in [-0.2, -0.15) is 10.4 Å². The molecular weight excluding hydrogens is 276 g/mol. The Morgan fingerprint density at radius 1 is 1.41 bits per heavy atom. The van der Waals surface area contributed by atoms with Crippen molar-refractivity contribution in [2.45, 2.75) is 45.7 Å². The Morgan fingerprint density at radius 2 is 2.27 bits per heavy atom. The number of fused-ring (bicyclic) bond motifs is 1. The zero-order valence-electron chi connectivity index (χ0n) is 13.2. The first kappa shape index (κ1) is 14.9. The summed E-state index contributed by atoms with van der Waals surface area (Å²) in [7, 11) is 0. The summed E-state index contributed by atoms with van der Waals surface area (Å²) in [6.07, 6.45) is 2.15. The van der Waals surface area contributed by atoms with Crippen LogP contribution in [0.5, 0.6) is 0 Å². The summed E-state index contributed by atoms with van der Waals surface area (Å²) in [5.74, 6) is 2.48. The summed E-state index contributed by atoms with van der Waals surface area (Å²) in [5, 5.41) is 13.3. The summed E-state index contributed by atoms with van der Waals surface area (Å²) >= 11 is 0. The molecule has 0 saturated heterocycles. The van der Waals surface area contributed by atoms with Crippen LogP contribution in [0.4, 0.5) is 0 Å². The Balaban J connectivity index is 1.60. The number of furan rings is 1.